The quantitative estimate of drug-likeness (QED) is 0.740. The topological polar surface area (TPSA) is 84.5 Å². The molecule has 8 heteroatoms. The maximum absolute atomic E-state index is 13.2. The molecule has 3 amide bonds. The molecule has 2 N–H and O–H groups in total. The van der Waals surface area contributed by atoms with Crippen molar-refractivity contribution in [2.75, 3.05) is 0 Å². The number of amides is 3. The van der Waals surface area contributed by atoms with Gasteiger partial charge in [-0.1, -0.05) is 19.3 Å². The molecule has 0 aliphatic heterocycles. The Hall–Kier alpha value is -1.96. The molecule has 1 saturated carbocycles. The van der Waals surface area contributed by atoms with Gasteiger partial charge < -0.3 is 10.1 Å². The molecule has 0 saturated heterocycles. The molecule has 1 atom stereocenters. The van der Waals surface area contributed by atoms with E-state index in [0.717, 1.165) is 38.2 Å². The Labute approximate surface area is 153 Å². The van der Waals surface area contributed by atoms with E-state index in [1.807, 2.05) is 0 Å². The van der Waals surface area contributed by atoms with E-state index in [1.165, 1.54) is 19.1 Å². The Morgan fingerprint density at radius 1 is 1.24 bits per heavy atom. The summed E-state index contributed by atoms with van der Waals surface area (Å²) in [6.07, 6.45) is 3.84. The Kier molecular flexibility index (Phi) is 6.92. The van der Waals surface area contributed by atoms with Crippen LogP contribution in [0.5, 0.6) is 0 Å². The molecule has 25 heavy (non-hydrogen) atoms. The minimum atomic E-state index is -1.19. The number of rotatable bonds is 4. The van der Waals surface area contributed by atoms with E-state index in [1.54, 1.807) is 0 Å². The van der Waals surface area contributed by atoms with Crippen LogP contribution in [0.3, 0.4) is 0 Å². The van der Waals surface area contributed by atoms with Gasteiger partial charge in [-0.15, -0.1) is 0 Å². The summed E-state index contributed by atoms with van der Waals surface area (Å²) < 4.78 is 18.6. The van der Waals surface area contributed by atoms with Gasteiger partial charge in [0.15, 0.2) is 6.10 Å². The van der Waals surface area contributed by atoms with Crippen LogP contribution in [-0.4, -0.2) is 30.1 Å². The first kappa shape index (κ1) is 19.4. The normalized spacial score (nSPS) is 16.0. The van der Waals surface area contributed by atoms with Gasteiger partial charge >= 0.3 is 12.0 Å². The SMILES string of the molecule is CC(OC(=O)c1cc(F)ccc1Br)C(=O)NC(=O)NC1CCCCC1. The highest BCUT2D eigenvalue weighted by atomic mass is 79.9. The van der Waals surface area contributed by atoms with Gasteiger partial charge in [0.2, 0.25) is 0 Å². The number of halogens is 2. The van der Waals surface area contributed by atoms with Gasteiger partial charge in [-0.2, -0.15) is 0 Å². The zero-order valence-corrected chi connectivity index (χ0v) is 15.4. The molecule has 1 aliphatic carbocycles. The van der Waals surface area contributed by atoms with E-state index in [-0.39, 0.29) is 11.6 Å². The van der Waals surface area contributed by atoms with E-state index in [9.17, 15) is 18.8 Å². The van der Waals surface area contributed by atoms with Crippen LogP contribution in [0.4, 0.5) is 9.18 Å². The van der Waals surface area contributed by atoms with E-state index in [2.05, 4.69) is 26.6 Å². The fourth-order valence-electron chi connectivity index (χ4n) is 2.61. The summed E-state index contributed by atoms with van der Waals surface area (Å²) in [5.74, 6) is -2.20. The molecule has 0 heterocycles. The highest BCUT2D eigenvalue weighted by Crippen LogP contribution is 2.19. The van der Waals surface area contributed by atoms with Crippen LogP contribution in [0, 0.1) is 5.82 Å². The van der Waals surface area contributed by atoms with Crippen molar-refractivity contribution in [3.05, 3.63) is 34.1 Å². The lowest BCUT2D eigenvalue weighted by Crippen LogP contribution is -2.48. The maximum atomic E-state index is 13.2. The lowest BCUT2D eigenvalue weighted by Gasteiger charge is -2.23. The minimum absolute atomic E-state index is 0.0358. The summed E-state index contributed by atoms with van der Waals surface area (Å²) in [5.41, 5.74) is -0.0358. The summed E-state index contributed by atoms with van der Waals surface area (Å²) in [5, 5.41) is 4.90. The average Bonchev–Trinajstić information content (AvgIpc) is 2.57. The zero-order valence-electron chi connectivity index (χ0n) is 13.8. The third kappa shape index (κ3) is 5.81. The predicted octanol–water partition coefficient (Wildman–Crippen LogP) is 3.29. The van der Waals surface area contributed by atoms with Crippen molar-refractivity contribution in [2.45, 2.75) is 51.2 Å². The highest BCUT2D eigenvalue weighted by molar-refractivity contribution is 9.10. The molecule has 1 unspecified atom stereocenters. The van der Waals surface area contributed by atoms with Crippen molar-refractivity contribution >= 4 is 33.8 Å². The average molecular weight is 415 g/mol. The Bertz CT molecular complexity index is 662. The second-order valence-electron chi connectivity index (χ2n) is 5.97. The number of benzene rings is 1. The number of urea groups is 1. The number of carbonyl (C=O) groups is 3. The lowest BCUT2D eigenvalue weighted by molar-refractivity contribution is -0.127. The van der Waals surface area contributed by atoms with E-state index in [0.29, 0.717) is 4.47 Å². The van der Waals surface area contributed by atoms with Crippen LogP contribution in [0.15, 0.2) is 22.7 Å². The summed E-state index contributed by atoms with van der Waals surface area (Å²) in [6.45, 7) is 1.34. The van der Waals surface area contributed by atoms with Gasteiger partial charge in [-0.25, -0.2) is 14.0 Å². The lowest BCUT2D eigenvalue weighted by atomic mass is 9.96. The smallest absolute Gasteiger partial charge is 0.340 e. The van der Waals surface area contributed by atoms with Gasteiger partial charge in [0.25, 0.3) is 5.91 Å². The minimum Gasteiger partial charge on any atom is -0.449 e. The molecule has 1 aliphatic rings. The predicted molar refractivity (Wildman–Crippen MR) is 92.5 cm³/mol. The Morgan fingerprint density at radius 3 is 2.60 bits per heavy atom. The summed E-state index contributed by atoms with van der Waals surface area (Å²) in [4.78, 5) is 35.9. The monoisotopic (exact) mass is 414 g/mol. The number of hydrogen-bond acceptors (Lipinski definition) is 4. The van der Waals surface area contributed by atoms with E-state index >= 15 is 0 Å². The molecule has 1 fully saturated rings. The molecule has 0 spiro atoms. The van der Waals surface area contributed by atoms with E-state index in [4.69, 9.17) is 4.74 Å². The number of esters is 1. The van der Waals surface area contributed by atoms with E-state index < -0.39 is 29.8 Å². The molecular formula is C17H20BrFN2O4. The molecule has 0 bridgehead atoms. The largest absolute Gasteiger partial charge is 0.449 e. The second kappa shape index (κ2) is 8.94. The number of hydrogen-bond donors (Lipinski definition) is 2. The second-order valence-corrected chi connectivity index (χ2v) is 6.82. The molecule has 6 nitrogen and oxygen atoms in total. The third-order valence-corrected chi connectivity index (χ3v) is 4.67. The molecule has 136 valence electrons. The summed E-state index contributed by atoms with van der Waals surface area (Å²) in [6, 6.07) is 3.02. The highest BCUT2D eigenvalue weighted by Gasteiger charge is 2.23. The van der Waals surface area contributed by atoms with Gasteiger partial charge in [0.05, 0.1) is 5.56 Å². The molecule has 1 aromatic carbocycles. The molecule has 1 aromatic rings. The maximum Gasteiger partial charge on any atom is 0.340 e. The third-order valence-electron chi connectivity index (χ3n) is 3.98. The Morgan fingerprint density at radius 2 is 1.92 bits per heavy atom. The number of imide groups is 1. The molecule has 2 rings (SSSR count). The molecule has 0 aromatic heterocycles. The van der Waals surface area contributed by atoms with Gasteiger partial charge in [-0.3, -0.25) is 10.1 Å². The van der Waals surface area contributed by atoms with Crippen molar-refractivity contribution in [1.29, 1.82) is 0 Å². The van der Waals surface area contributed by atoms with Crippen molar-refractivity contribution in [1.82, 2.24) is 10.6 Å². The Balaban J connectivity index is 1.85. The van der Waals surface area contributed by atoms with Gasteiger partial charge in [0.1, 0.15) is 5.82 Å². The van der Waals surface area contributed by atoms with Crippen molar-refractivity contribution in [2.24, 2.45) is 0 Å². The summed E-state index contributed by atoms with van der Waals surface area (Å²) >= 11 is 3.12. The fraction of sp³-hybridized carbons (Fsp3) is 0.471. The first-order chi connectivity index (χ1) is 11.9. The first-order valence-corrected chi connectivity index (χ1v) is 8.93. The number of carbonyl (C=O) groups excluding carboxylic acids is 3. The zero-order chi connectivity index (χ0) is 18.4. The molecule has 0 radical (unpaired) electrons. The number of ether oxygens (including phenoxy) is 1. The van der Waals surface area contributed by atoms with Crippen LogP contribution in [0.2, 0.25) is 0 Å². The molecular weight excluding hydrogens is 395 g/mol. The van der Waals surface area contributed by atoms with Crippen LogP contribution in [0.1, 0.15) is 49.4 Å². The standard InChI is InChI=1S/C17H20BrFN2O4/c1-10(25-16(23)13-9-11(19)7-8-14(13)18)15(22)21-17(24)20-12-5-3-2-4-6-12/h7-10,12H,2-6H2,1H3,(H2,20,21,22,24). The van der Waals surface area contributed by atoms with Crippen LogP contribution < -0.4 is 10.6 Å². The van der Waals surface area contributed by atoms with Crippen LogP contribution in [0.25, 0.3) is 0 Å². The van der Waals surface area contributed by atoms with Gasteiger partial charge in [-0.05, 0) is 53.9 Å². The summed E-state index contributed by atoms with van der Waals surface area (Å²) in [7, 11) is 0. The van der Waals surface area contributed by atoms with Crippen molar-refractivity contribution in [3.8, 4) is 0 Å². The first-order valence-electron chi connectivity index (χ1n) is 8.14. The van der Waals surface area contributed by atoms with Gasteiger partial charge in [0, 0.05) is 10.5 Å². The number of nitrogens with one attached hydrogen (secondary N) is 2. The fourth-order valence-corrected chi connectivity index (χ4v) is 3.02. The van der Waals surface area contributed by atoms with Crippen molar-refractivity contribution in [3.63, 3.8) is 0 Å². The van der Waals surface area contributed by atoms with Crippen LogP contribution in [-0.2, 0) is 9.53 Å². The van der Waals surface area contributed by atoms with Crippen LogP contribution >= 0.6 is 15.9 Å². The van der Waals surface area contributed by atoms with Crippen molar-refractivity contribution < 1.29 is 23.5 Å².